The zero-order valence-corrected chi connectivity index (χ0v) is 15.4. The fourth-order valence-corrected chi connectivity index (χ4v) is 2.94. The third kappa shape index (κ3) is 3.59. The lowest BCUT2D eigenvalue weighted by molar-refractivity contribution is -0.122. The standard InChI is InChI=1S/C16H13BrClFN4O2/c1-9(10-4-5-12(18)13(19)7-10)20-14(24)8-23-16(25)22-6-2-3-11(17)15(22)21-23/h2-7,9H,8H2,1H3,(H,20,24)/t9-/m0/s1. The molecule has 0 spiro atoms. The Morgan fingerprint density at radius 2 is 2.20 bits per heavy atom. The molecule has 3 rings (SSSR count). The van der Waals surface area contributed by atoms with Gasteiger partial charge in [-0.2, -0.15) is 0 Å². The minimum Gasteiger partial charge on any atom is -0.348 e. The lowest BCUT2D eigenvalue weighted by Gasteiger charge is -2.14. The topological polar surface area (TPSA) is 68.4 Å². The van der Waals surface area contributed by atoms with Gasteiger partial charge in [-0.05, 0) is 52.7 Å². The average Bonchev–Trinajstić information content (AvgIpc) is 2.88. The highest BCUT2D eigenvalue weighted by Gasteiger charge is 2.15. The van der Waals surface area contributed by atoms with E-state index in [9.17, 15) is 14.0 Å². The molecule has 2 aromatic heterocycles. The molecule has 2 heterocycles. The van der Waals surface area contributed by atoms with Gasteiger partial charge in [-0.15, -0.1) is 5.10 Å². The van der Waals surface area contributed by atoms with Gasteiger partial charge in [0.2, 0.25) is 5.91 Å². The molecule has 1 aromatic carbocycles. The maximum absolute atomic E-state index is 13.5. The van der Waals surface area contributed by atoms with E-state index in [0.29, 0.717) is 15.7 Å². The molecular formula is C16H13BrClFN4O2. The number of hydrogen-bond donors (Lipinski definition) is 1. The number of nitrogens with zero attached hydrogens (tertiary/aromatic N) is 3. The number of halogens is 3. The SMILES string of the molecule is C[C@H](NC(=O)Cn1nc2c(Br)cccn2c1=O)c1ccc(Cl)c(F)c1. The summed E-state index contributed by atoms with van der Waals surface area (Å²) in [6.45, 7) is 1.47. The largest absolute Gasteiger partial charge is 0.350 e. The highest BCUT2D eigenvalue weighted by Crippen LogP contribution is 2.20. The molecular weight excluding hydrogens is 415 g/mol. The van der Waals surface area contributed by atoms with Crippen molar-refractivity contribution in [2.75, 3.05) is 0 Å². The first-order valence-corrected chi connectivity index (χ1v) is 8.52. The summed E-state index contributed by atoms with van der Waals surface area (Å²) in [4.78, 5) is 24.5. The number of carbonyl (C=O) groups excluding carboxylic acids is 1. The van der Waals surface area contributed by atoms with Gasteiger partial charge >= 0.3 is 5.69 Å². The van der Waals surface area contributed by atoms with Gasteiger partial charge in [0.05, 0.1) is 15.5 Å². The average molecular weight is 428 g/mol. The molecule has 0 aliphatic carbocycles. The number of benzene rings is 1. The Morgan fingerprint density at radius 3 is 2.88 bits per heavy atom. The first kappa shape index (κ1) is 17.6. The van der Waals surface area contributed by atoms with E-state index in [1.54, 1.807) is 31.3 Å². The number of pyridine rings is 1. The maximum Gasteiger partial charge on any atom is 0.350 e. The zero-order valence-electron chi connectivity index (χ0n) is 13.0. The third-order valence-corrected chi connectivity index (χ3v) is 4.60. The molecule has 0 saturated carbocycles. The van der Waals surface area contributed by atoms with E-state index in [-0.39, 0.29) is 11.6 Å². The zero-order chi connectivity index (χ0) is 18.1. The van der Waals surface area contributed by atoms with Crippen LogP contribution in [0.5, 0.6) is 0 Å². The Hall–Kier alpha value is -2.19. The van der Waals surface area contributed by atoms with Gasteiger partial charge in [-0.3, -0.25) is 4.79 Å². The van der Waals surface area contributed by atoms with Crippen LogP contribution in [0.3, 0.4) is 0 Å². The predicted molar refractivity (Wildman–Crippen MR) is 95.1 cm³/mol. The molecule has 0 aliphatic rings. The van der Waals surface area contributed by atoms with Gasteiger partial charge in [0.1, 0.15) is 12.4 Å². The third-order valence-electron chi connectivity index (χ3n) is 3.68. The van der Waals surface area contributed by atoms with Crippen LogP contribution in [0.15, 0.2) is 45.8 Å². The maximum atomic E-state index is 13.5. The molecule has 0 unspecified atom stereocenters. The molecule has 9 heteroatoms. The highest BCUT2D eigenvalue weighted by molar-refractivity contribution is 9.10. The summed E-state index contributed by atoms with van der Waals surface area (Å²) < 4.78 is 16.6. The molecule has 130 valence electrons. The summed E-state index contributed by atoms with van der Waals surface area (Å²) in [5.41, 5.74) is 0.574. The molecule has 0 fully saturated rings. The molecule has 1 atom stereocenters. The number of amides is 1. The van der Waals surface area contributed by atoms with E-state index in [0.717, 1.165) is 4.68 Å². The van der Waals surface area contributed by atoms with Crippen molar-refractivity contribution in [1.82, 2.24) is 19.5 Å². The van der Waals surface area contributed by atoms with Gasteiger partial charge in [0.25, 0.3) is 0 Å². The first-order chi connectivity index (χ1) is 11.9. The summed E-state index contributed by atoms with van der Waals surface area (Å²) in [5, 5.41) is 6.87. The second-order valence-corrected chi connectivity index (χ2v) is 6.71. The lowest BCUT2D eigenvalue weighted by Crippen LogP contribution is -2.34. The van der Waals surface area contributed by atoms with Crippen molar-refractivity contribution in [3.63, 3.8) is 0 Å². The van der Waals surface area contributed by atoms with E-state index in [2.05, 4.69) is 26.3 Å². The van der Waals surface area contributed by atoms with Crippen molar-refractivity contribution < 1.29 is 9.18 Å². The van der Waals surface area contributed by atoms with Crippen LogP contribution in [-0.2, 0) is 11.3 Å². The van der Waals surface area contributed by atoms with E-state index < -0.39 is 23.5 Å². The molecule has 3 aromatic rings. The van der Waals surface area contributed by atoms with Crippen molar-refractivity contribution in [1.29, 1.82) is 0 Å². The second-order valence-electron chi connectivity index (χ2n) is 5.45. The molecule has 1 N–H and O–H groups in total. The summed E-state index contributed by atoms with van der Waals surface area (Å²) in [5.74, 6) is -0.967. The molecule has 0 bridgehead atoms. The predicted octanol–water partition coefficient (Wildman–Crippen LogP) is 2.93. The molecule has 6 nitrogen and oxygen atoms in total. The molecule has 1 amide bonds. The summed E-state index contributed by atoms with van der Waals surface area (Å²) in [6, 6.07) is 7.33. The van der Waals surface area contributed by atoms with Crippen LogP contribution in [0.1, 0.15) is 18.5 Å². The van der Waals surface area contributed by atoms with Gasteiger partial charge in [0, 0.05) is 6.20 Å². The molecule has 0 aliphatic heterocycles. The number of rotatable bonds is 4. The van der Waals surface area contributed by atoms with Gasteiger partial charge < -0.3 is 5.32 Å². The summed E-state index contributed by atoms with van der Waals surface area (Å²) >= 11 is 8.96. The lowest BCUT2D eigenvalue weighted by atomic mass is 10.1. The van der Waals surface area contributed by atoms with Crippen molar-refractivity contribution in [2.24, 2.45) is 0 Å². The number of aromatic nitrogens is 3. The van der Waals surface area contributed by atoms with E-state index in [1.165, 1.54) is 16.5 Å². The van der Waals surface area contributed by atoms with Crippen molar-refractivity contribution in [2.45, 2.75) is 19.5 Å². The minimum absolute atomic E-state index is 0.0177. The Balaban J connectivity index is 1.76. The Labute approximate surface area is 155 Å². The number of fused-ring (bicyclic) bond motifs is 1. The molecule has 0 saturated heterocycles. The van der Waals surface area contributed by atoms with Crippen molar-refractivity contribution in [3.8, 4) is 0 Å². The van der Waals surface area contributed by atoms with Crippen LogP contribution in [0.4, 0.5) is 4.39 Å². The van der Waals surface area contributed by atoms with E-state index in [4.69, 9.17) is 11.6 Å². The van der Waals surface area contributed by atoms with Gasteiger partial charge in [0.15, 0.2) is 5.65 Å². The van der Waals surface area contributed by atoms with Crippen molar-refractivity contribution in [3.05, 3.63) is 67.9 Å². The normalized spacial score (nSPS) is 12.3. The van der Waals surface area contributed by atoms with Crippen LogP contribution in [0.25, 0.3) is 5.65 Å². The van der Waals surface area contributed by atoms with Crippen LogP contribution >= 0.6 is 27.5 Å². The number of hydrogen-bond acceptors (Lipinski definition) is 3. The fourth-order valence-electron chi connectivity index (χ4n) is 2.40. The number of carbonyl (C=O) groups is 1. The Morgan fingerprint density at radius 1 is 1.44 bits per heavy atom. The molecule has 25 heavy (non-hydrogen) atoms. The number of nitrogens with one attached hydrogen (secondary N) is 1. The van der Waals surface area contributed by atoms with E-state index in [1.807, 2.05) is 0 Å². The fraction of sp³-hybridized carbons (Fsp3) is 0.188. The van der Waals surface area contributed by atoms with Crippen molar-refractivity contribution >= 4 is 39.1 Å². The van der Waals surface area contributed by atoms with Crippen LogP contribution in [0, 0.1) is 5.82 Å². The monoisotopic (exact) mass is 426 g/mol. The summed E-state index contributed by atoms with van der Waals surface area (Å²) in [6.07, 6.45) is 1.57. The Kier molecular flexibility index (Phi) is 4.91. The second kappa shape index (κ2) is 6.97. The minimum atomic E-state index is -0.554. The van der Waals surface area contributed by atoms with Gasteiger partial charge in [-0.25, -0.2) is 18.3 Å². The van der Waals surface area contributed by atoms with Gasteiger partial charge in [-0.1, -0.05) is 17.7 Å². The van der Waals surface area contributed by atoms with Crippen LogP contribution < -0.4 is 11.0 Å². The smallest absolute Gasteiger partial charge is 0.348 e. The Bertz CT molecular complexity index is 1020. The van der Waals surface area contributed by atoms with Crippen LogP contribution in [0.2, 0.25) is 5.02 Å². The summed E-state index contributed by atoms with van der Waals surface area (Å²) in [7, 11) is 0. The first-order valence-electron chi connectivity index (χ1n) is 7.35. The van der Waals surface area contributed by atoms with E-state index >= 15 is 0 Å². The molecule has 0 radical (unpaired) electrons. The highest BCUT2D eigenvalue weighted by atomic mass is 79.9. The quantitative estimate of drug-likeness (QED) is 0.696. The van der Waals surface area contributed by atoms with Crippen LogP contribution in [-0.4, -0.2) is 20.1 Å².